The van der Waals surface area contributed by atoms with Crippen LogP contribution < -0.4 is 16.0 Å². The Morgan fingerprint density at radius 2 is 2.24 bits per heavy atom. The van der Waals surface area contributed by atoms with E-state index in [1.54, 1.807) is 12.1 Å². The minimum atomic E-state index is -0.500. The first-order valence-corrected chi connectivity index (χ1v) is 5.43. The van der Waals surface area contributed by atoms with Crippen LogP contribution in [0.1, 0.15) is 20.3 Å². The largest absolute Gasteiger partial charge is 0.487 e. The maximum atomic E-state index is 10.9. The van der Waals surface area contributed by atoms with Gasteiger partial charge in [0.1, 0.15) is 5.69 Å². The van der Waals surface area contributed by atoms with Crippen molar-refractivity contribution in [2.75, 3.05) is 12.0 Å². The number of anilines is 1. The molecule has 0 heterocycles. The number of ether oxygens (including phenoxy) is 1. The van der Waals surface area contributed by atoms with E-state index in [0.29, 0.717) is 12.5 Å². The fraction of sp³-hybridized carbons (Fsp3) is 0.455. The number of rotatable bonds is 6. The van der Waals surface area contributed by atoms with Gasteiger partial charge >= 0.3 is 5.69 Å². The number of hydrazine groups is 1. The Bertz CT molecular complexity index is 394. The van der Waals surface area contributed by atoms with Crippen LogP contribution in [-0.2, 0) is 0 Å². The predicted octanol–water partition coefficient (Wildman–Crippen LogP) is 2.31. The van der Waals surface area contributed by atoms with Gasteiger partial charge in [0.2, 0.25) is 0 Å². The van der Waals surface area contributed by atoms with Gasteiger partial charge in [-0.1, -0.05) is 19.9 Å². The maximum absolute atomic E-state index is 10.9. The SMILES string of the molecule is CC(C)CCOc1cccc(NN)c1[N+](=O)[O-]. The van der Waals surface area contributed by atoms with Crippen LogP contribution in [0.15, 0.2) is 18.2 Å². The third-order valence-corrected chi connectivity index (χ3v) is 2.29. The van der Waals surface area contributed by atoms with Crippen LogP contribution in [0.5, 0.6) is 5.75 Å². The first-order chi connectivity index (χ1) is 8.06. The number of para-hydroxylation sites is 1. The van der Waals surface area contributed by atoms with Crippen molar-refractivity contribution in [3.63, 3.8) is 0 Å². The Balaban J connectivity index is 2.87. The lowest BCUT2D eigenvalue weighted by atomic mass is 10.1. The molecule has 0 aliphatic rings. The lowest BCUT2D eigenvalue weighted by Gasteiger charge is -2.10. The van der Waals surface area contributed by atoms with Gasteiger partial charge < -0.3 is 10.2 Å². The molecule has 0 amide bonds. The zero-order valence-corrected chi connectivity index (χ0v) is 9.97. The summed E-state index contributed by atoms with van der Waals surface area (Å²) in [4.78, 5) is 10.4. The average molecular weight is 239 g/mol. The van der Waals surface area contributed by atoms with Gasteiger partial charge in [-0.25, -0.2) is 0 Å². The first-order valence-electron chi connectivity index (χ1n) is 5.43. The summed E-state index contributed by atoms with van der Waals surface area (Å²) in [5.41, 5.74) is 2.42. The van der Waals surface area contributed by atoms with Crippen LogP contribution in [0.3, 0.4) is 0 Å². The zero-order chi connectivity index (χ0) is 12.8. The highest BCUT2D eigenvalue weighted by atomic mass is 16.6. The van der Waals surface area contributed by atoms with Crippen LogP contribution >= 0.6 is 0 Å². The molecule has 6 heteroatoms. The Morgan fingerprint density at radius 3 is 2.76 bits per heavy atom. The molecule has 94 valence electrons. The molecular weight excluding hydrogens is 222 g/mol. The molecule has 0 atom stereocenters. The normalized spacial score (nSPS) is 10.4. The lowest BCUT2D eigenvalue weighted by molar-refractivity contribution is -0.385. The molecule has 0 saturated heterocycles. The van der Waals surface area contributed by atoms with Crippen molar-refractivity contribution >= 4 is 11.4 Å². The number of nitro groups is 1. The van der Waals surface area contributed by atoms with Crippen molar-refractivity contribution in [2.45, 2.75) is 20.3 Å². The molecule has 0 aliphatic heterocycles. The molecule has 6 nitrogen and oxygen atoms in total. The molecule has 0 bridgehead atoms. The van der Waals surface area contributed by atoms with Gasteiger partial charge in [-0.15, -0.1) is 0 Å². The summed E-state index contributed by atoms with van der Waals surface area (Å²) in [5, 5.41) is 10.9. The van der Waals surface area contributed by atoms with Crippen LogP contribution in [0.4, 0.5) is 11.4 Å². The number of nitrogens with zero attached hydrogens (tertiary/aromatic N) is 1. The Morgan fingerprint density at radius 1 is 1.53 bits per heavy atom. The number of hydrogen-bond acceptors (Lipinski definition) is 5. The molecule has 1 aromatic rings. The van der Waals surface area contributed by atoms with Crippen molar-refractivity contribution in [2.24, 2.45) is 11.8 Å². The molecule has 0 fully saturated rings. The Hall–Kier alpha value is -1.82. The van der Waals surface area contributed by atoms with E-state index < -0.39 is 4.92 Å². The van der Waals surface area contributed by atoms with Crippen molar-refractivity contribution in [3.05, 3.63) is 28.3 Å². The fourth-order valence-corrected chi connectivity index (χ4v) is 1.35. The minimum absolute atomic E-state index is 0.126. The van der Waals surface area contributed by atoms with Crippen molar-refractivity contribution in [1.29, 1.82) is 0 Å². The molecule has 0 aliphatic carbocycles. The van der Waals surface area contributed by atoms with Crippen molar-refractivity contribution in [3.8, 4) is 5.75 Å². The van der Waals surface area contributed by atoms with Crippen LogP contribution in [-0.4, -0.2) is 11.5 Å². The second-order valence-corrected chi connectivity index (χ2v) is 4.08. The van der Waals surface area contributed by atoms with Crippen LogP contribution in [0.25, 0.3) is 0 Å². The average Bonchev–Trinajstić information content (AvgIpc) is 2.27. The summed E-state index contributed by atoms with van der Waals surface area (Å²) >= 11 is 0. The second kappa shape index (κ2) is 6.05. The molecule has 17 heavy (non-hydrogen) atoms. The number of hydrogen-bond donors (Lipinski definition) is 2. The molecule has 1 rings (SSSR count). The molecule has 0 aromatic heterocycles. The molecule has 3 N–H and O–H groups in total. The second-order valence-electron chi connectivity index (χ2n) is 4.08. The number of benzene rings is 1. The van der Waals surface area contributed by atoms with E-state index in [1.165, 1.54) is 6.07 Å². The summed E-state index contributed by atoms with van der Waals surface area (Å²) in [5.74, 6) is 5.96. The molecular formula is C11H17N3O3. The van der Waals surface area contributed by atoms with Gasteiger partial charge in [-0.05, 0) is 24.5 Å². The van der Waals surface area contributed by atoms with E-state index in [1.807, 2.05) is 0 Å². The molecule has 1 aromatic carbocycles. The molecule has 0 radical (unpaired) electrons. The zero-order valence-electron chi connectivity index (χ0n) is 9.97. The minimum Gasteiger partial charge on any atom is -0.487 e. The van der Waals surface area contributed by atoms with E-state index in [0.717, 1.165) is 6.42 Å². The third kappa shape index (κ3) is 3.60. The van der Waals surface area contributed by atoms with E-state index in [2.05, 4.69) is 19.3 Å². The summed E-state index contributed by atoms with van der Waals surface area (Å²) in [6.07, 6.45) is 0.845. The van der Waals surface area contributed by atoms with Gasteiger partial charge in [0.25, 0.3) is 0 Å². The van der Waals surface area contributed by atoms with Gasteiger partial charge in [0.05, 0.1) is 11.5 Å². The quantitative estimate of drug-likeness (QED) is 0.451. The smallest absolute Gasteiger partial charge is 0.335 e. The van der Waals surface area contributed by atoms with Gasteiger partial charge in [-0.3, -0.25) is 16.0 Å². The fourth-order valence-electron chi connectivity index (χ4n) is 1.35. The summed E-state index contributed by atoms with van der Waals surface area (Å²) in [7, 11) is 0. The monoisotopic (exact) mass is 239 g/mol. The summed E-state index contributed by atoms with van der Waals surface area (Å²) in [6.45, 7) is 4.58. The molecule has 0 unspecified atom stereocenters. The predicted molar refractivity (Wildman–Crippen MR) is 65.9 cm³/mol. The lowest BCUT2D eigenvalue weighted by Crippen LogP contribution is -2.10. The number of nitrogen functional groups attached to an aromatic ring is 1. The summed E-state index contributed by atoms with van der Waals surface area (Å²) in [6, 6.07) is 4.76. The Kier molecular flexibility index (Phi) is 4.71. The Labute approximate surface area is 99.9 Å². The van der Waals surface area contributed by atoms with Crippen LogP contribution in [0.2, 0.25) is 0 Å². The van der Waals surface area contributed by atoms with Crippen molar-refractivity contribution in [1.82, 2.24) is 0 Å². The highest BCUT2D eigenvalue weighted by Crippen LogP contribution is 2.34. The van der Waals surface area contributed by atoms with E-state index in [-0.39, 0.29) is 17.1 Å². The number of nitro benzene ring substituents is 1. The highest BCUT2D eigenvalue weighted by molar-refractivity contribution is 5.67. The third-order valence-electron chi connectivity index (χ3n) is 2.29. The maximum Gasteiger partial charge on any atom is 0.335 e. The number of nitrogens with one attached hydrogen (secondary N) is 1. The van der Waals surface area contributed by atoms with E-state index in [4.69, 9.17) is 10.6 Å². The first kappa shape index (κ1) is 13.2. The standard InChI is InChI=1S/C11H17N3O3/c1-8(2)6-7-17-10-5-3-4-9(13-12)11(10)14(15)16/h3-5,8,13H,6-7,12H2,1-2H3. The number of nitrogens with two attached hydrogens (primary N) is 1. The van der Waals surface area contributed by atoms with Gasteiger partial charge in [0, 0.05) is 0 Å². The van der Waals surface area contributed by atoms with Gasteiger partial charge in [0.15, 0.2) is 5.75 Å². The van der Waals surface area contributed by atoms with Crippen molar-refractivity contribution < 1.29 is 9.66 Å². The van der Waals surface area contributed by atoms with Crippen LogP contribution in [0, 0.1) is 16.0 Å². The van der Waals surface area contributed by atoms with E-state index in [9.17, 15) is 10.1 Å². The summed E-state index contributed by atoms with van der Waals surface area (Å²) < 4.78 is 5.41. The topological polar surface area (TPSA) is 90.4 Å². The molecule has 0 saturated carbocycles. The van der Waals surface area contributed by atoms with Gasteiger partial charge in [-0.2, -0.15) is 0 Å². The van der Waals surface area contributed by atoms with E-state index >= 15 is 0 Å². The highest BCUT2D eigenvalue weighted by Gasteiger charge is 2.20. The molecule has 0 spiro atoms.